The molecule has 0 fully saturated rings. The van der Waals surface area contributed by atoms with Gasteiger partial charge in [0.15, 0.2) is 0 Å². The van der Waals surface area contributed by atoms with Crippen molar-refractivity contribution in [2.45, 2.75) is 40.2 Å². The summed E-state index contributed by atoms with van der Waals surface area (Å²) in [5.74, 6) is -0.251. The monoisotopic (exact) mass is 329 g/mol. The molecule has 0 aliphatic carbocycles. The molecule has 0 radical (unpaired) electrons. The second-order valence-corrected chi connectivity index (χ2v) is 6.68. The lowest BCUT2D eigenvalue weighted by Gasteiger charge is -2.22. The zero-order valence-electron chi connectivity index (χ0n) is 14.4. The summed E-state index contributed by atoms with van der Waals surface area (Å²) in [4.78, 5) is 24.4. The molecule has 2 amide bonds. The summed E-state index contributed by atoms with van der Waals surface area (Å²) in [7, 11) is 0. The SMILES string of the molecule is CC(C)NC(=O)c1ccc(NC(=O)C(C)(C)Cc2cn[nH]n2)cc1. The molecule has 1 aromatic carbocycles. The molecule has 0 unspecified atom stereocenters. The fourth-order valence-corrected chi connectivity index (χ4v) is 2.19. The maximum atomic E-state index is 12.5. The van der Waals surface area contributed by atoms with Crippen LogP contribution in [0.5, 0.6) is 0 Å². The summed E-state index contributed by atoms with van der Waals surface area (Å²) in [5.41, 5.74) is 1.30. The van der Waals surface area contributed by atoms with E-state index in [0.29, 0.717) is 17.7 Å². The molecule has 0 aliphatic rings. The number of anilines is 1. The molecule has 0 spiro atoms. The lowest BCUT2D eigenvalue weighted by molar-refractivity contribution is -0.123. The number of carbonyl (C=O) groups is 2. The number of nitrogens with zero attached hydrogens (tertiary/aromatic N) is 2. The molecule has 0 atom stereocenters. The number of amides is 2. The van der Waals surface area contributed by atoms with Gasteiger partial charge in [-0.3, -0.25) is 9.59 Å². The Morgan fingerprint density at radius 3 is 2.42 bits per heavy atom. The van der Waals surface area contributed by atoms with E-state index in [9.17, 15) is 9.59 Å². The fraction of sp³-hybridized carbons (Fsp3) is 0.412. The van der Waals surface area contributed by atoms with Gasteiger partial charge in [-0.1, -0.05) is 13.8 Å². The summed E-state index contributed by atoms with van der Waals surface area (Å²) in [5, 5.41) is 16.0. The molecule has 0 saturated carbocycles. The van der Waals surface area contributed by atoms with Crippen LogP contribution in [-0.4, -0.2) is 33.3 Å². The van der Waals surface area contributed by atoms with Gasteiger partial charge in [0.1, 0.15) is 0 Å². The van der Waals surface area contributed by atoms with Gasteiger partial charge >= 0.3 is 0 Å². The normalized spacial score (nSPS) is 11.4. The molecular formula is C17H23N5O2. The Morgan fingerprint density at radius 1 is 1.21 bits per heavy atom. The molecule has 24 heavy (non-hydrogen) atoms. The van der Waals surface area contributed by atoms with Crippen LogP contribution in [0, 0.1) is 5.41 Å². The number of rotatable bonds is 6. The zero-order valence-corrected chi connectivity index (χ0v) is 14.4. The van der Waals surface area contributed by atoms with Gasteiger partial charge in [0.05, 0.1) is 11.9 Å². The lowest BCUT2D eigenvalue weighted by Crippen LogP contribution is -2.33. The molecule has 0 aliphatic heterocycles. The first-order valence-electron chi connectivity index (χ1n) is 7.85. The van der Waals surface area contributed by atoms with Crippen molar-refractivity contribution in [3.8, 4) is 0 Å². The summed E-state index contributed by atoms with van der Waals surface area (Å²) in [6, 6.07) is 6.91. The van der Waals surface area contributed by atoms with Crippen LogP contribution in [0.25, 0.3) is 0 Å². The van der Waals surface area contributed by atoms with Crippen molar-refractivity contribution in [3.63, 3.8) is 0 Å². The highest BCUT2D eigenvalue weighted by Crippen LogP contribution is 2.23. The third-order valence-electron chi connectivity index (χ3n) is 3.53. The van der Waals surface area contributed by atoms with Crippen LogP contribution in [0.2, 0.25) is 0 Å². The van der Waals surface area contributed by atoms with Gasteiger partial charge in [0.2, 0.25) is 5.91 Å². The molecule has 128 valence electrons. The smallest absolute Gasteiger partial charge is 0.251 e. The van der Waals surface area contributed by atoms with Crippen LogP contribution in [0.1, 0.15) is 43.7 Å². The van der Waals surface area contributed by atoms with Crippen molar-refractivity contribution in [3.05, 3.63) is 41.7 Å². The zero-order chi connectivity index (χ0) is 17.7. The Bertz CT molecular complexity index is 690. The van der Waals surface area contributed by atoms with E-state index in [0.717, 1.165) is 5.69 Å². The van der Waals surface area contributed by atoms with E-state index in [1.54, 1.807) is 30.5 Å². The third-order valence-corrected chi connectivity index (χ3v) is 3.53. The standard InChI is InChI=1S/C17H23N5O2/c1-11(2)19-15(23)12-5-7-13(8-6-12)20-16(24)17(3,4)9-14-10-18-22-21-14/h5-8,10-11H,9H2,1-4H3,(H,19,23)(H,20,24)(H,18,21,22). The Morgan fingerprint density at radius 2 is 1.88 bits per heavy atom. The van der Waals surface area contributed by atoms with Crippen LogP contribution in [0.4, 0.5) is 5.69 Å². The van der Waals surface area contributed by atoms with E-state index in [4.69, 9.17) is 0 Å². The van der Waals surface area contributed by atoms with Gasteiger partial charge in [-0.25, -0.2) is 0 Å². The van der Waals surface area contributed by atoms with Gasteiger partial charge in [-0.2, -0.15) is 15.4 Å². The molecule has 7 nitrogen and oxygen atoms in total. The number of hydrogen-bond donors (Lipinski definition) is 3. The highest BCUT2D eigenvalue weighted by atomic mass is 16.2. The quantitative estimate of drug-likeness (QED) is 0.756. The number of nitrogens with one attached hydrogen (secondary N) is 3. The van der Waals surface area contributed by atoms with Crippen LogP contribution >= 0.6 is 0 Å². The molecule has 1 aromatic heterocycles. The van der Waals surface area contributed by atoms with Crippen molar-refractivity contribution in [1.82, 2.24) is 20.7 Å². The van der Waals surface area contributed by atoms with E-state index in [-0.39, 0.29) is 17.9 Å². The topological polar surface area (TPSA) is 99.8 Å². The average molecular weight is 329 g/mol. The van der Waals surface area contributed by atoms with Crippen LogP contribution in [-0.2, 0) is 11.2 Å². The fourth-order valence-electron chi connectivity index (χ4n) is 2.19. The third kappa shape index (κ3) is 4.65. The van der Waals surface area contributed by atoms with Crippen molar-refractivity contribution in [2.24, 2.45) is 5.41 Å². The number of carbonyl (C=O) groups excluding carboxylic acids is 2. The highest BCUT2D eigenvalue weighted by molar-refractivity contribution is 5.97. The number of H-pyrrole nitrogens is 1. The van der Waals surface area contributed by atoms with Crippen LogP contribution < -0.4 is 10.6 Å². The van der Waals surface area contributed by atoms with Crippen molar-refractivity contribution in [2.75, 3.05) is 5.32 Å². The van der Waals surface area contributed by atoms with Gasteiger partial charge in [-0.05, 0) is 38.1 Å². The molecular weight excluding hydrogens is 306 g/mol. The van der Waals surface area contributed by atoms with E-state index in [2.05, 4.69) is 26.0 Å². The summed E-state index contributed by atoms with van der Waals surface area (Å²) in [6.45, 7) is 7.51. The molecule has 7 heteroatoms. The molecule has 2 aromatic rings. The van der Waals surface area contributed by atoms with Crippen LogP contribution in [0.15, 0.2) is 30.5 Å². The molecule has 0 saturated heterocycles. The number of hydrogen-bond acceptors (Lipinski definition) is 4. The van der Waals surface area contributed by atoms with Crippen LogP contribution in [0.3, 0.4) is 0 Å². The van der Waals surface area contributed by atoms with E-state index < -0.39 is 5.41 Å². The summed E-state index contributed by atoms with van der Waals surface area (Å²) in [6.07, 6.45) is 2.08. The molecule has 3 N–H and O–H groups in total. The second kappa shape index (κ2) is 7.25. The minimum absolute atomic E-state index is 0.0780. The Hall–Kier alpha value is -2.70. The predicted octanol–water partition coefficient (Wildman–Crippen LogP) is 2.15. The Labute approximate surface area is 141 Å². The van der Waals surface area contributed by atoms with E-state index in [1.807, 2.05) is 27.7 Å². The number of aromatic amines is 1. The highest BCUT2D eigenvalue weighted by Gasteiger charge is 2.29. The molecule has 2 rings (SSSR count). The van der Waals surface area contributed by atoms with E-state index >= 15 is 0 Å². The van der Waals surface area contributed by atoms with Gasteiger partial charge in [0.25, 0.3) is 5.91 Å². The predicted molar refractivity (Wildman–Crippen MR) is 91.5 cm³/mol. The maximum Gasteiger partial charge on any atom is 0.251 e. The lowest BCUT2D eigenvalue weighted by atomic mass is 9.87. The van der Waals surface area contributed by atoms with Crippen molar-refractivity contribution in [1.29, 1.82) is 0 Å². The minimum Gasteiger partial charge on any atom is -0.350 e. The van der Waals surface area contributed by atoms with E-state index in [1.165, 1.54) is 0 Å². The second-order valence-electron chi connectivity index (χ2n) is 6.68. The number of aromatic nitrogens is 3. The Balaban J connectivity index is 1.99. The first kappa shape index (κ1) is 17.7. The maximum absolute atomic E-state index is 12.5. The average Bonchev–Trinajstić information content (AvgIpc) is 2.99. The van der Waals surface area contributed by atoms with Gasteiger partial charge in [0, 0.05) is 29.1 Å². The first-order valence-corrected chi connectivity index (χ1v) is 7.85. The Kier molecular flexibility index (Phi) is 5.33. The molecule has 1 heterocycles. The van der Waals surface area contributed by atoms with Crippen molar-refractivity contribution < 1.29 is 9.59 Å². The largest absolute Gasteiger partial charge is 0.350 e. The van der Waals surface area contributed by atoms with Crippen molar-refractivity contribution >= 4 is 17.5 Å². The summed E-state index contributed by atoms with van der Waals surface area (Å²) >= 11 is 0. The minimum atomic E-state index is -0.634. The number of benzene rings is 1. The van der Waals surface area contributed by atoms with Gasteiger partial charge in [-0.15, -0.1) is 0 Å². The first-order chi connectivity index (χ1) is 11.3. The summed E-state index contributed by atoms with van der Waals surface area (Å²) < 4.78 is 0. The molecule has 0 bridgehead atoms. The van der Waals surface area contributed by atoms with Gasteiger partial charge < -0.3 is 10.6 Å².